The van der Waals surface area contributed by atoms with Gasteiger partial charge in [0.2, 0.25) is 0 Å². The van der Waals surface area contributed by atoms with Gasteiger partial charge in [0.25, 0.3) is 11.7 Å². The number of aliphatic hydroxyl groups excluding tert-OH is 1. The van der Waals surface area contributed by atoms with Crippen molar-refractivity contribution in [3.63, 3.8) is 0 Å². The molecule has 1 fully saturated rings. The molecule has 180 valence electrons. The normalized spacial score (nSPS) is 17.1. The topological polar surface area (TPSA) is 76.1 Å². The van der Waals surface area contributed by atoms with Gasteiger partial charge in [-0.1, -0.05) is 30.3 Å². The lowest BCUT2D eigenvalue weighted by molar-refractivity contribution is -0.132. The first kappa shape index (κ1) is 24.1. The standard InChI is InChI=1S/C29H29NO5/c1-16-13-18(3)28(35-6)22(14-16)26(31)24-25(20-10-8-11-21(15-20)34-5)30(29(33)27(24)32)23-12-7-9-17(2)19(23)4/h7-15,25,31H,1-6H3/b26-24+. The van der Waals surface area contributed by atoms with E-state index in [9.17, 15) is 14.7 Å². The first-order valence-electron chi connectivity index (χ1n) is 11.4. The zero-order valence-electron chi connectivity index (χ0n) is 20.8. The van der Waals surface area contributed by atoms with Gasteiger partial charge in [-0.3, -0.25) is 14.5 Å². The summed E-state index contributed by atoms with van der Waals surface area (Å²) >= 11 is 0. The molecular formula is C29H29NO5. The number of rotatable bonds is 5. The summed E-state index contributed by atoms with van der Waals surface area (Å²) in [4.78, 5) is 28.5. The van der Waals surface area contributed by atoms with Crippen molar-refractivity contribution < 1.29 is 24.2 Å². The molecule has 4 rings (SSSR count). The lowest BCUT2D eigenvalue weighted by atomic mass is 9.93. The molecule has 1 aliphatic rings. The average Bonchev–Trinajstić information content (AvgIpc) is 3.10. The summed E-state index contributed by atoms with van der Waals surface area (Å²) in [5, 5.41) is 11.6. The molecule has 3 aromatic carbocycles. The minimum atomic E-state index is -0.851. The number of Topliss-reactive ketones (excluding diaryl/α,β-unsaturated/α-hetero) is 1. The Bertz CT molecular complexity index is 1370. The van der Waals surface area contributed by atoms with Crippen molar-refractivity contribution in [2.45, 2.75) is 33.7 Å². The highest BCUT2D eigenvalue weighted by Gasteiger charge is 2.47. The van der Waals surface area contributed by atoms with E-state index in [0.29, 0.717) is 28.3 Å². The minimum absolute atomic E-state index is 0.00691. The zero-order chi connectivity index (χ0) is 25.4. The van der Waals surface area contributed by atoms with Crippen molar-refractivity contribution in [2.24, 2.45) is 0 Å². The summed E-state index contributed by atoms with van der Waals surface area (Å²) < 4.78 is 11.0. The quantitative estimate of drug-likeness (QED) is 0.299. The van der Waals surface area contributed by atoms with E-state index in [1.165, 1.54) is 12.0 Å². The van der Waals surface area contributed by atoms with Gasteiger partial charge in [0.15, 0.2) is 0 Å². The summed E-state index contributed by atoms with van der Waals surface area (Å²) in [5.41, 5.74) is 5.23. The molecule has 1 heterocycles. The molecule has 3 aromatic rings. The monoisotopic (exact) mass is 471 g/mol. The van der Waals surface area contributed by atoms with E-state index in [1.807, 2.05) is 58.0 Å². The molecule has 6 nitrogen and oxygen atoms in total. The number of hydrogen-bond donors (Lipinski definition) is 1. The van der Waals surface area contributed by atoms with Gasteiger partial charge < -0.3 is 14.6 Å². The van der Waals surface area contributed by atoms with Gasteiger partial charge in [-0.25, -0.2) is 0 Å². The second-order valence-corrected chi connectivity index (χ2v) is 8.83. The maximum absolute atomic E-state index is 13.5. The molecule has 1 unspecified atom stereocenters. The molecule has 0 aliphatic carbocycles. The molecule has 0 aromatic heterocycles. The van der Waals surface area contributed by atoms with E-state index in [1.54, 1.807) is 31.4 Å². The van der Waals surface area contributed by atoms with Crippen LogP contribution in [0, 0.1) is 27.7 Å². The van der Waals surface area contributed by atoms with Crippen LogP contribution < -0.4 is 14.4 Å². The first-order valence-corrected chi connectivity index (χ1v) is 11.4. The van der Waals surface area contributed by atoms with Gasteiger partial charge in [-0.15, -0.1) is 0 Å². The van der Waals surface area contributed by atoms with Crippen LogP contribution in [0.3, 0.4) is 0 Å². The fraction of sp³-hybridized carbons (Fsp3) is 0.241. The Morgan fingerprint density at radius 1 is 0.886 bits per heavy atom. The van der Waals surface area contributed by atoms with E-state index >= 15 is 0 Å². The van der Waals surface area contributed by atoms with E-state index in [0.717, 1.165) is 22.3 Å². The van der Waals surface area contributed by atoms with Crippen molar-refractivity contribution in [1.29, 1.82) is 0 Å². The summed E-state index contributed by atoms with van der Waals surface area (Å²) in [5.74, 6) is -0.685. The van der Waals surface area contributed by atoms with Gasteiger partial charge in [-0.2, -0.15) is 0 Å². The number of carbonyl (C=O) groups is 2. The van der Waals surface area contributed by atoms with E-state index in [4.69, 9.17) is 9.47 Å². The molecule has 1 amide bonds. The third-order valence-electron chi connectivity index (χ3n) is 6.57. The summed E-state index contributed by atoms with van der Waals surface area (Å²) in [6.45, 7) is 7.64. The molecule has 0 spiro atoms. The van der Waals surface area contributed by atoms with Crippen LogP contribution >= 0.6 is 0 Å². The molecule has 0 saturated carbocycles. The molecule has 0 bridgehead atoms. The highest BCUT2D eigenvalue weighted by atomic mass is 16.5. The molecular weight excluding hydrogens is 442 g/mol. The number of carbonyl (C=O) groups excluding carboxylic acids is 2. The third kappa shape index (κ3) is 4.05. The highest BCUT2D eigenvalue weighted by molar-refractivity contribution is 6.51. The Balaban J connectivity index is 2.05. The molecule has 1 aliphatic heterocycles. The Morgan fingerprint density at radius 2 is 1.60 bits per heavy atom. The lowest BCUT2D eigenvalue weighted by Crippen LogP contribution is -2.30. The maximum atomic E-state index is 13.5. The summed E-state index contributed by atoms with van der Waals surface area (Å²) in [6, 6.07) is 15.7. The minimum Gasteiger partial charge on any atom is -0.507 e. The Hall–Kier alpha value is -4.06. The van der Waals surface area contributed by atoms with E-state index < -0.39 is 17.7 Å². The second-order valence-electron chi connectivity index (χ2n) is 8.83. The first-order chi connectivity index (χ1) is 16.7. The molecule has 1 atom stereocenters. The summed E-state index contributed by atoms with van der Waals surface area (Å²) in [7, 11) is 3.07. The number of amides is 1. The number of ether oxygens (including phenoxy) is 2. The average molecular weight is 472 g/mol. The molecule has 0 radical (unpaired) electrons. The number of hydrogen-bond acceptors (Lipinski definition) is 5. The fourth-order valence-electron chi connectivity index (χ4n) is 4.75. The van der Waals surface area contributed by atoms with Crippen LogP contribution in [0.1, 0.15) is 39.4 Å². The number of aliphatic hydroxyl groups is 1. The third-order valence-corrected chi connectivity index (χ3v) is 6.57. The van der Waals surface area contributed by atoms with Crippen molar-refractivity contribution >= 4 is 23.1 Å². The second kappa shape index (κ2) is 9.29. The van der Waals surface area contributed by atoms with E-state index in [2.05, 4.69) is 0 Å². The van der Waals surface area contributed by atoms with Crippen molar-refractivity contribution in [3.05, 3.63) is 93.6 Å². The maximum Gasteiger partial charge on any atom is 0.300 e. The van der Waals surface area contributed by atoms with Crippen LogP contribution in [-0.4, -0.2) is 31.0 Å². The van der Waals surface area contributed by atoms with Crippen molar-refractivity contribution in [1.82, 2.24) is 0 Å². The smallest absolute Gasteiger partial charge is 0.300 e. The predicted octanol–water partition coefficient (Wildman–Crippen LogP) is 5.56. The largest absolute Gasteiger partial charge is 0.507 e. The Morgan fingerprint density at radius 3 is 2.29 bits per heavy atom. The van der Waals surface area contributed by atoms with Crippen LogP contribution in [-0.2, 0) is 9.59 Å². The number of ketones is 1. The van der Waals surface area contributed by atoms with Gasteiger partial charge in [0, 0.05) is 5.69 Å². The predicted molar refractivity (Wildman–Crippen MR) is 136 cm³/mol. The number of nitrogens with zero attached hydrogens (tertiary/aromatic N) is 1. The molecule has 6 heteroatoms. The van der Waals surface area contributed by atoms with Crippen molar-refractivity contribution in [2.75, 3.05) is 19.1 Å². The fourth-order valence-corrected chi connectivity index (χ4v) is 4.75. The van der Waals surface area contributed by atoms with Crippen LogP contribution in [0.5, 0.6) is 11.5 Å². The van der Waals surface area contributed by atoms with Gasteiger partial charge >= 0.3 is 0 Å². The zero-order valence-corrected chi connectivity index (χ0v) is 20.8. The lowest BCUT2D eigenvalue weighted by Gasteiger charge is -2.27. The number of methoxy groups -OCH3 is 2. The SMILES string of the molecule is COc1cccc(C2/C(=C(\O)c3cc(C)cc(C)c3OC)C(=O)C(=O)N2c2cccc(C)c2C)c1. The van der Waals surface area contributed by atoms with E-state index in [-0.39, 0.29) is 11.3 Å². The molecule has 1 N–H and O–H groups in total. The number of aryl methyl sites for hydroxylation is 3. The Labute approximate surface area is 205 Å². The number of anilines is 1. The van der Waals surface area contributed by atoms with Crippen LogP contribution in [0.4, 0.5) is 5.69 Å². The molecule has 35 heavy (non-hydrogen) atoms. The van der Waals surface area contributed by atoms with Gasteiger partial charge in [-0.05, 0) is 79.8 Å². The van der Waals surface area contributed by atoms with Crippen molar-refractivity contribution in [3.8, 4) is 11.5 Å². The summed E-state index contributed by atoms with van der Waals surface area (Å²) in [6.07, 6.45) is 0. The van der Waals surface area contributed by atoms with Crippen LogP contribution in [0.15, 0.2) is 60.2 Å². The van der Waals surface area contributed by atoms with Crippen LogP contribution in [0.2, 0.25) is 0 Å². The van der Waals surface area contributed by atoms with Gasteiger partial charge in [0.05, 0.1) is 31.4 Å². The van der Waals surface area contributed by atoms with Gasteiger partial charge in [0.1, 0.15) is 17.3 Å². The Kier molecular flexibility index (Phi) is 6.39. The highest BCUT2D eigenvalue weighted by Crippen LogP contribution is 2.45. The molecule has 1 saturated heterocycles. The number of benzene rings is 3. The van der Waals surface area contributed by atoms with Crippen LogP contribution in [0.25, 0.3) is 5.76 Å².